The first kappa shape index (κ1) is 20.7. The lowest BCUT2D eigenvalue weighted by molar-refractivity contribution is -0.133. The second-order valence-corrected chi connectivity index (χ2v) is 7.29. The molecule has 1 fully saturated rings. The SMILES string of the molecule is Cc1cc(OCC(=O)N2CCN(c3ccccc3F)CC2)nc(-c2ccc(F)cc2)n1. The van der Waals surface area contributed by atoms with Gasteiger partial charge in [0.05, 0.1) is 5.69 Å². The van der Waals surface area contributed by atoms with Crippen LogP contribution >= 0.6 is 0 Å². The maximum Gasteiger partial charge on any atom is 0.260 e. The summed E-state index contributed by atoms with van der Waals surface area (Å²) in [6.07, 6.45) is 0. The highest BCUT2D eigenvalue weighted by atomic mass is 19.1. The van der Waals surface area contributed by atoms with Crippen LogP contribution < -0.4 is 9.64 Å². The van der Waals surface area contributed by atoms with Crippen molar-refractivity contribution in [3.8, 4) is 17.3 Å². The Morgan fingerprint density at radius 2 is 1.71 bits per heavy atom. The van der Waals surface area contributed by atoms with E-state index < -0.39 is 0 Å². The van der Waals surface area contributed by atoms with Gasteiger partial charge in [0, 0.05) is 43.5 Å². The molecule has 3 aromatic rings. The second kappa shape index (κ2) is 9.07. The summed E-state index contributed by atoms with van der Waals surface area (Å²) < 4.78 is 32.8. The summed E-state index contributed by atoms with van der Waals surface area (Å²) in [6.45, 7) is 3.71. The van der Waals surface area contributed by atoms with E-state index in [0.717, 1.165) is 0 Å². The minimum atomic E-state index is -0.339. The van der Waals surface area contributed by atoms with Crippen LogP contribution in [0, 0.1) is 18.6 Å². The third-order valence-electron chi connectivity index (χ3n) is 5.10. The summed E-state index contributed by atoms with van der Waals surface area (Å²) in [6, 6.07) is 14.1. The number of carbonyl (C=O) groups is 1. The average molecular weight is 424 g/mol. The maximum absolute atomic E-state index is 14.0. The van der Waals surface area contributed by atoms with Crippen LogP contribution in [0.5, 0.6) is 5.88 Å². The zero-order valence-corrected chi connectivity index (χ0v) is 17.1. The van der Waals surface area contributed by atoms with Crippen LogP contribution in [0.1, 0.15) is 5.69 Å². The summed E-state index contributed by atoms with van der Waals surface area (Å²) in [5.41, 5.74) is 1.89. The third kappa shape index (κ3) is 4.96. The van der Waals surface area contributed by atoms with E-state index in [9.17, 15) is 13.6 Å². The van der Waals surface area contributed by atoms with Crippen LogP contribution in [0.2, 0.25) is 0 Å². The average Bonchev–Trinajstić information content (AvgIpc) is 2.78. The highest BCUT2D eigenvalue weighted by Gasteiger charge is 2.23. The molecule has 160 valence electrons. The van der Waals surface area contributed by atoms with Crippen LogP contribution in [0.4, 0.5) is 14.5 Å². The Kier molecular flexibility index (Phi) is 6.06. The zero-order valence-electron chi connectivity index (χ0n) is 17.1. The third-order valence-corrected chi connectivity index (χ3v) is 5.10. The van der Waals surface area contributed by atoms with Crippen LogP contribution in [0.25, 0.3) is 11.4 Å². The highest BCUT2D eigenvalue weighted by molar-refractivity contribution is 5.78. The number of nitrogens with zero attached hydrogens (tertiary/aromatic N) is 4. The number of aromatic nitrogens is 2. The largest absolute Gasteiger partial charge is 0.467 e. The van der Waals surface area contributed by atoms with E-state index in [2.05, 4.69) is 9.97 Å². The van der Waals surface area contributed by atoms with Crippen molar-refractivity contribution < 1.29 is 18.3 Å². The number of para-hydroxylation sites is 1. The highest BCUT2D eigenvalue weighted by Crippen LogP contribution is 2.21. The zero-order chi connectivity index (χ0) is 21.8. The Balaban J connectivity index is 1.35. The quantitative estimate of drug-likeness (QED) is 0.628. The number of amides is 1. The van der Waals surface area contributed by atoms with Crippen molar-refractivity contribution in [2.45, 2.75) is 6.92 Å². The van der Waals surface area contributed by atoms with Gasteiger partial charge in [-0.1, -0.05) is 12.1 Å². The monoisotopic (exact) mass is 424 g/mol. The molecule has 0 bridgehead atoms. The van der Waals surface area contributed by atoms with Crippen LogP contribution in [-0.4, -0.2) is 53.6 Å². The van der Waals surface area contributed by atoms with Crippen molar-refractivity contribution in [1.29, 1.82) is 0 Å². The number of rotatable bonds is 5. The van der Waals surface area contributed by atoms with E-state index in [1.807, 2.05) is 4.90 Å². The summed E-state index contributed by atoms with van der Waals surface area (Å²) in [7, 11) is 0. The molecular formula is C23H22F2N4O2. The van der Waals surface area contributed by atoms with Gasteiger partial charge in [-0.15, -0.1) is 0 Å². The fourth-order valence-corrected chi connectivity index (χ4v) is 3.47. The molecular weight excluding hydrogens is 402 g/mol. The number of aryl methyl sites for hydroxylation is 1. The molecule has 1 saturated heterocycles. The number of carbonyl (C=O) groups excluding carboxylic acids is 1. The Labute approximate surface area is 179 Å². The van der Waals surface area contributed by atoms with E-state index in [1.54, 1.807) is 48.2 Å². The number of hydrogen-bond donors (Lipinski definition) is 0. The van der Waals surface area contributed by atoms with Crippen molar-refractivity contribution >= 4 is 11.6 Å². The first-order valence-corrected chi connectivity index (χ1v) is 10.0. The molecule has 0 spiro atoms. The van der Waals surface area contributed by atoms with Gasteiger partial charge in [-0.3, -0.25) is 4.79 Å². The Bertz CT molecular complexity index is 1070. The molecule has 31 heavy (non-hydrogen) atoms. The number of hydrogen-bond acceptors (Lipinski definition) is 5. The molecule has 0 atom stereocenters. The van der Waals surface area contributed by atoms with Gasteiger partial charge in [0.15, 0.2) is 12.4 Å². The molecule has 2 aromatic carbocycles. The predicted molar refractivity (Wildman–Crippen MR) is 113 cm³/mol. The van der Waals surface area contributed by atoms with Gasteiger partial charge >= 0.3 is 0 Å². The molecule has 0 saturated carbocycles. The van der Waals surface area contributed by atoms with E-state index in [4.69, 9.17) is 4.74 Å². The minimum Gasteiger partial charge on any atom is -0.467 e. The Hall–Kier alpha value is -3.55. The number of anilines is 1. The van der Waals surface area contributed by atoms with Crippen molar-refractivity contribution in [2.75, 3.05) is 37.7 Å². The van der Waals surface area contributed by atoms with Crippen LogP contribution in [-0.2, 0) is 4.79 Å². The van der Waals surface area contributed by atoms with Crippen molar-refractivity contribution in [1.82, 2.24) is 14.9 Å². The number of ether oxygens (including phenoxy) is 1. The first-order chi connectivity index (χ1) is 15.0. The molecule has 6 nitrogen and oxygen atoms in total. The fraction of sp³-hybridized carbons (Fsp3) is 0.261. The summed E-state index contributed by atoms with van der Waals surface area (Å²) in [5, 5.41) is 0. The van der Waals surface area contributed by atoms with Gasteiger partial charge in [-0.25, -0.2) is 13.8 Å². The Morgan fingerprint density at radius 3 is 2.42 bits per heavy atom. The molecule has 0 unspecified atom stereocenters. The van der Waals surface area contributed by atoms with Crippen LogP contribution in [0.15, 0.2) is 54.6 Å². The Morgan fingerprint density at radius 1 is 1.00 bits per heavy atom. The smallest absolute Gasteiger partial charge is 0.260 e. The van der Waals surface area contributed by atoms with E-state index in [-0.39, 0.29) is 30.0 Å². The summed E-state index contributed by atoms with van der Waals surface area (Å²) >= 11 is 0. The molecule has 0 aliphatic carbocycles. The first-order valence-electron chi connectivity index (χ1n) is 10.0. The molecule has 2 heterocycles. The predicted octanol–water partition coefficient (Wildman–Crippen LogP) is 3.46. The van der Waals surface area contributed by atoms with Gasteiger partial charge in [0.1, 0.15) is 11.6 Å². The van der Waals surface area contributed by atoms with Crippen molar-refractivity contribution in [3.05, 3.63) is 71.9 Å². The molecule has 1 aliphatic rings. The topological polar surface area (TPSA) is 58.6 Å². The molecule has 8 heteroatoms. The van der Waals surface area contributed by atoms with Gasteiger partial charge in [0.25, 0.3) is 5.91 Å². The van der Waals surface area contributed by atoms with Crippen molar-refractivity contribution in [2.24, 2.45) is 0 Å². The minimum absolute atomic E-state index is 0.154. The molecule has 0 N–H and O–H groups in total. The normalized spacial score (nSPS) is 13.9. The number of halogens is 2. The van der Waals surface area contributed by atoms with E-state index in [0.29, 0.717) is 48.9 Å². The lowest BCUT2D eigenvalue weighted by Gasteiger charge is -2.36. The molecule has 0 radical (unpaired) electrons. The maximum atomic E-state index is 14.0. The van der Waals surface area contributed by atoms with Gasteiger partial charge in [-0.05, 0) is 43.3 Å². The lowest BCUT2D eigenvalue weighted by Crippen LogP contribution is -2.50. The van der Waals surface area contributed by atoms with Gasteiger partial charge < -0.3 is 14.5 Å². The van der Waals surface area contributed by atoms with Crippen LogP contribution in [0.3, 0.4) is 0 Å². The van der Waals surface area contributed by atoms with Gasteiger partial charge in [-0.2, -0.15) is 4.98 Å². The molecule has 1 amide bonds. The summed E-state index contributed by atoms with van der Waals surface area (Å²) in [5.74, 6) is -0.0748. The summed E-state index contributed by atoms with van der Waals surface area (Å²) in [4.78, 5) is 24.9. The second-order valence-electron chi connectivity index (χ2n) is 7.29. The standard InChI is InChI=1S/C23H22F2N4O2/c1-16-14-21(27-23(26-16)17-6-8-18(24)9-7-17)31-15-22(30)29-12-10-28(11-13-29)20-5-3-2-4-19(20)25/h2-9,14H,10-13,15H2,1H3. The van der Waals surface area contributed by atoms with Gasteiger partial charge in [0.2, 0.25) is 5.88 Å². The molecule has 1 aliphatic heterocycles. The number of benzene rings is 2. The number of piperazine rings is 1. The van der Waals surface area contributed by atoms with E-state index >= 15 is 0 Å². The van der Waals surface area contributed by atoms with E-state index in [1.165, 1.54) is 18.2 Å². The molecule has 4 rings (SSSR count). The van der Waals surface area contributed by atoms with Crippen molar-refractivity contribution in [3.63, 3.8) is 0 Å². The lowest BCUT2D eigenvalue weighted by atomic mass is 10.2. The molecule has 1 aromatic heterocycles. The fourth-order valence-electron chi connectivity index (χ4n) is 3.47.